The fourth-order valence-corrected chi connectivity index (χ4v) is 9.37. The van der Waals surface area contributed by atoms with Crippen molar-refractivity contribution in [3.05, 3.63) is 75.4 Å². The van der Waals surface area contributed by atoms with Gasteiger partial charge in [-0.1, -0.05) is 24.3 Å². The first-order valence-corrected chi connectivity index (χ1v) is 18.9. The number of alkyl carbamates (subject to hydrolysis) is 1. The number of ether oxygens (including phenoxy) is 3. The number of carbonyl (C=O) groups excluding carboxylic acids is 1. The minimum atomic E-state index is -4.71. The number of carbonyl (C=O) groups is 1. The highest BCUT2D eigenvalue weighted by Crippen LogP contribution is 2.38. The summed E-state index contributed by atoms with van der Waals surface area (Å²) in [6, 6.07) is 16.1. The van der Waals surface area contributed by atoms with Crippen molar-refractivity contribution in [2.45, 2.75) is 55.4 Å². The fourth-order valence-electron chi connectivity index (χ4n) is 4.66. The molecule has 0 aliphatic carbocycles. The molecule has 49 heavy (non-hydrogen) atoms. The molecule has 0 aliphatic heterocycles. The van der Waals surface area contributed by atoms with Crippen LogP contribution < -0.4 is 14.8 Å². The number of rotatable bonds is 14. The van der Waals surface area contributed by atoms with E-state index >= 15 is 0 Å². The topological polar surface area (TPSA) is 203 Å². The molecule has 0 fully saturated rings. The number of benzene rings is 3. The predicted octanol–water partition coefficient (Wildman–Crippen LogP) is 3.54. The van der Waals surface area contributed by atoms with Crippen LogP contribution in [0.1, 0.15) is 31.9 Å². The van der Waals surface area contributed by atoms with E-state index in [1.807, 2.05) is 22.6 Å². The SMILES string of the molecule is COc1ccc(CN(Cc2ccc(OC)cc2)S(=O)(=O)c2c(S(=O)(=O)C[C@H](O)CNC(=O)OC(C)(C)C)ccc(I)c2-c2nn[nH]n2)cc1. The summed E-state index contributed by atoms with van der Waals surface area (Å²) in [7, 11) is -6.24. The van der Waals surface area contributed by atoms with Crippen molar-refractivity contribution in [2.24, 2.45) is 0 Å². The second kappa shape index (κ2) is 15.8. The molecule has 0 saturated carbocycles. The van der Waals surface area contributed by atoms with Crippen LogP contribution in [0, 0.1) is 3.57 Å². The standard InChI is InChI=1S/C31H37IN6O9S2/c1-31(2,3)47-30(40)33-16-22(39)19-48(41,42)26-15-14-25(32)27(29-34-36-37-35-29)28(26)49(43,44)38(17-20-6-10-23(45-4)11-7-20)18-21-8-12-24(46-5)13-9-21/h6-15,22,39H,16-19H2,1-5H3,(H,33,40)(H,34,35,36,37)/t22-/m1/s1. The molecule has 0 radical (unpaired) electrons. The van der Waals surface area contributed by atoms with Crippen LogP contribution in [0.15, 0.2) is 70.5 Å². The lowest BCUT2D eigenvalue weighted by Crippen LogP contribution is -2.39. The second-order valence-corrected chi connectivity index (χ2v) is 16.8. The first kappa shape index (κ1) is 38.0. The molecule has 3 aromatic carbocycles. The van der Waals surface area contributed by atoms with Crippen molar-refractivity contribution in [3.63, 3.8) is 0 Å². The number of hydrogen-bond acceptors (Lipinski definition) is 12. The van der Waals surface area contributed by atoms with Crippen molar-refractivity contribution in [1.82, 2.24) is 30.2 Å². The zero-order chi connectivity index (χ0) is 36.0. The summed E-state index contributed by atoms with van der Waals surface area (Å²) in [5, 5.41) is 26.9. The molecule has 0 saturated heterocycles. The summed E-state index contributed by atoms with van der Waals surface area (Å²) in [6.45, 7) is 4.18. The number of sulfone groups is 1. The summed E-state index contributed by atoms with van der Waals surface area (Å²) in [6.07, 6.45) is -2.47. The summed E-state index contributed by atoms with van der Waals surface area (Å²) < 4.78 is 75.0. The van der Waals surface area contributed by atoms with Crippen molar-refractivity contribution in [1.29, 1.82) is 0 Å². The molecular formula is C31H37IN6O9S2. The molecule has 4 rings (SSSR count). The summed E-state index contributed by atoms with van der Waals surface area (Å²) in [4.78, 5) is 11.0. The predicted molar refractivity (Wildman–Crippen MR) is 187 cm³/mol. The number of nitrogens with one attached hydrogen (secondary N) is 2. The van der Waals surface area contributed by atoms with Gasteiger partial charge in [0.15, 0.2) is 9.84 Å². The third-order valence-corrected chi connectivity index (χ3v) is 11.6. The summed E-state index contributed by atoms with van der Waals surface area (Å²) in [5.74, 6) is 0.0620. The van der Waals surface area contributed by atoms with Crippen LogP contribution in [0.2, 0.25) is 0 Å². The average Bonchev–Trinajstić information content (AvgIpc) is 3.57. The molecule has 4 aromatic rings. The molecule has 18 heteroatoms. The van der Waals surface area contributed by atoms with Gasteiger partial charge in [0.05, 0.1) is 36.5 Å². The molecule has 0 unspecified atom stereocenters. The van der Waals surface area contributed by atoms with Gasteiger partial charge in [-0.2, -0.15) is 9.52 Å². The fraction of sp³-hybridized carbons (Fsp3) is 0.355. The van der Waals surface area contributed by atoms with Gasteiger partial charge in [-0.15, -0.1) is 10.2 Å². The molecule has 0 aliphatic rings. The van der Waals surface area contributed by atoms with Gasteiger partial charge in [-0.25, -0.2) is 21.6 Å². The summed E-state index contributed by atoms with van der Waals surface area (Å²) in [5.41, 5.74) is 0.280. The maximum absolute atomic E-state index is 14.9. The zero-order valence-electron chi connectivity index (χ0n) is 27.4. The number of nitrogens with zero attached hydrogens (tertiary/aromatic N) is 4. The Morgan fingerprint density at radius 1 is 0.939 bits per heavy atom. The van der Waals surface area contributed by atoms with E-state index in [0.717, 1.165) is 4.31 Å². The van der Waals surface area contributed by atoms with E-state index in [0.29, 0.717) is 26.2 Å². The van der Waals surface area contributed by atoms with Gasteiger partial charge < -0.3 is 24.6 Å². The highest BCUT2D eigenvalue weighted by atomic mass is 127. The van der Waals surface area contributed by atoms with Crippen LogP contribution in [0.3, 0.4) is 0 Å². The van der Waals surface area contributed by atoms with Crippen LogP contribution in [-0.4, -0.2) is 91.2 Å². The van der Waals surface area contributed by atoms with Crippen LogP contribution >= 0.6 is 22.6 Å². The highest BCUT2D eigenvalue weighted by molar-refractivity contribution is 14.1. The zero-order valence-corrected chi connectivity index (χ0v) is 31.2. The van der Waals surface area contributed by atoms with Gasteiger partial charge in [0.25, 0.3) is 0 Å². The number of aromatic amines is 1. The number of methoxy groups -OCH3 is 2. The molecule has 1 heterocycles. The molecule has 0 spiro atoms. The number of aliphatic hydroxyl groups excluding tert-OH is 1. The Kier molecular flexibility index (Phi) is 12.2. The van der Waals surface area contributed by atoms with Gasteiger partial charge in [-0.05, 0) is 96.1 Å². The number of amides is 1. The van der Waals surface area contributed by atoms with Crippen molar-refractivity contribution in [3.8, 4) is 22.9 Å². The Morgan fingerprint density at radius 3 is 1.96 bits per heavy atom. The number of aromatic nitrogens is 4. The number of hydrogen-bond donors (Lipinski definition) is 3. The second-order valence-electron chi connectivity index (χ2n) is 11.8. The maximum Gasteiger partial charge on any atom is 0.407 e. The number of sulfonamides is 1. The molecule has 264 valence electrons. The summed E-state index contributed by atoms with van der Waals surface area (Å²) >= 11 is 1.88. The quantitative estimate of drug-likeness (QED) is 0.156. The normalized spacial score (nSPS) is 12.8. The molecule has 3 N–H and O–H groups in total. The highest BCUT2D eigenvalue weighted by Gasteiger charge is 2.37. The number of H-pyrrole nitrogens is 1. The van der Waals surface area contributed by atoms with Crippen molar-refractivity contribution in [2.75, 3.05) is 26.5 Å². The largest absolute Gasteiger partial charge is 0.497 e. The lowest BCUT2D eigenvalue weighted by molar-refractivity contribution is 0.0498. The first-order valence-electron chi connectivity index (χ1n) is 14.7. The van der Waals surface area contributed by atoms with E-state index in [-0.39, 0.29) is 24.5 Å². The number of halogens is 1. The van der Waals surface area contributed by atoms with E-state index in [9.17, 15) is 26.7 Å². The molecule has 1 aromatic heterocycles. The van der Waals surface area contributed by atoms with Crippen LogP contribution in [-0.2, 0) is 37.7 Å². The Bertz CT molecular complexity index is 1900. The monoisotopic (exact) mass is 828 g/mol. The van der Waals surface area contributed by atoms with Crippen molar-refractivity contribution < 1.29 is 40.9 Å². The van der Waals surface area contributed by atoms with E-state index in [4.69, 9.17) is 14.2 Å². The third-order valence-electron chi connectivity index (χ3n) is 6.90. The minimum absolute atomic E-state index is 0.0914. The average molecular weight is 829 g/mol. The van der Waals surface area contributed by atoms with Crippen LogP contribution in [0.5, 0.6) is 11.5 Å². The maximum atomic E-state index is 14.9. The smallest absolute Gasteiger partial charge is 0.407 e. The first-order chi connectivity index (χ1) is 23.0. The van der Waals surface area contributed by atoms with E-state index < -0.39 is 59.7 Å². The van der Waals surface area contributed by atoms with Gasteiger partial charge >= 0.3 is 6.09 Å². The minimum Gasteiger partial charge on any atom is -0.497 e. The van der Waals surface area contributed by atoms with Crippen LogP contribution in [0.25, 0.3) is 11.4 Å². The molecule has 1 amide bonds. The number of aliphatic hydroxyl groups is 1. The van der Waals surface area contributed by atoms with E-state index in [1.165, 1.54) is 26.4 Å². The molecule has 0 bridgehead atoms. The van der Waals surface area contributed by atoms with Gasteiger partial charge in [0, 0.05) is 23.2 Å². The Balaban J connectivity index is 1.82. The van der Waals surface area contributed by atoms with Gasteiger partial charge in [0.2, 0.25) is 15.8 Å². The lowest BCUT2D eigenvalue weighted by Gasteiger charge is -2.26. The Labute approximate surface area is 298 Å². The lowest BCUT2D eigenvalue weighted by atomic mass is 10.2. The Morgan fingerprint density at radius 2 is 1.49 bits per heavy atom. The molecule has 1 atom stereocenters. The number of tetrazole rings is 1. The van der Waals surface area contributed by atoms with Crippen molar-refractivity contribution >= 4 is 48.5 Å². The van der Waals surface area contributed by atoms with E-state index in [2.05, 4.69) is 25.9 Å². The Hall–Kier alpha value is -3.85. The molecule has 15 nitrogen and oxygen atoms in total. The van der Waals surface area contributed by atoms with Crippen LogP contribution in [0.4, 0.5) is 4.79 Å². The van der Waals surface area contributed by atoms with Gasteiger partial charge in [-0.3, -0.25) is 0 Å². The third kappa shape index (κ3) is 9.87. The van der Waals surface area contributed by atoms with Gasteiger partial charge in [0.1, 0.15) is 22.0 Å². The van der Waals surface area contributed by atoms with E-state index in [1.54, 1.807) is 69.3 Å². The molecular weight excluding hydrogens is 791 g/mol.